The van der Waals surface area contributed by atoms with E-state index in [1.54, 1.807) is 11.8 Å². The second-order valence-corrected chi connectivity index (χ2v) is 6.60. The molecule has 0 saturated carbocycles. The molecule has 0 fully saturated rings. The zero-order chi connectivity index (χ0) is 17.7. The third kappa shape index (κ3) is 5.61. The molecule has 6 nitrogen and oxygen atoms in total. The van der Waals surface area contributed by atoms with Crippen molar-refractivity contribution in [3.8, 4) is 5.75 Å². The summed E-state index contributed by atoms with van der Waals surface area (Å²) in [6, 6.07) is 7.36. The molecule has 0 spiro atoms. The summed E-state index contributed by atoms with van der Waals surface area (Å²) in [5.74, 6) is 0.923. The standard InChI is InChI=1S/C18H27N3O3.ClH/c1-12(2)10-14(11-19)20-17(22)8-9-21-15-6-4-5-7-16(15)24-13(3)18(21)23;/h4-7,12-14H,8-11,19H2,1-3H3,(H,20,22);1H. The molecule has 0 radical (unpaired) electrons. The highest BCUT2D eigenvalue weighted by atomic mass is 35.5. The maximum Gasteiger partial charge on any atom is 0.267 e. The molecule has 0 aliphatic carbocycles. The van der Waals surface area contributed by atoms with E-state index in [-0.39, 0.29) is 36.7 Å². The minimum Gasteiger partial charge on any atom is -0.479 e. The first-order chi connectivity index (χ1) is 11.4. The molecule has 2 amide bonds. The SMILES string of the molecule is CC(C)CC(CN)NC(=O)CCN1C(=O)C(C)Oc2ccccc21.Cl. The maximum absolute atomic E-state index is 12.4. The number of anilines is 1. The summed E-state index contributed by atoms with van der Waals surface area (Å²) in [6.07, 6.45) is 0.542. The van der Waals surface area contributed by atoms with Crippen LogP contribution >= 0.6 is 12.4 Å². The van der Waals surface area contributed by atoms with Gasteiger partial charge in [0.2, 0.25) is 5.91 Å². The highest BCUT2D eigenvalue weighted by Crippen LogP contribution is 2.33. The molecule has 0 saturated heterocycles. The van der Waals surface area contributed by atoms with Gasteiger partial charge in [0.1, 0.15) is 5.75 Å². The number of rotatable bonds is 7. The monoisotopic (exact) mass is 369 g/mol. The largest absolute Gasteiger partial charge is 0.479 e. The van der Waals surface area contributed by atoms with Crippen LogP contribution in [0.25, 0.3) is 0 Å². The third-order valence-corrected chi connectivity index (χ3v) is 4.04. The maximum atomic E-state index is 12.4. The van der Waals surface area contributed by atoms with E-state index in [2.05, 4.69) is 19.2 Å². The number of carbonyl (C=O) groups is 2. The Labute approximate surface area is 155 Å². The first-order valence-corrected chi connectivity index (χ1v) is 8.48. The Hall–Kier alpha value is -1.79. The summed E-state index contributed by atoms with van der Waals surface area (Å²) in [4.78, 5) is 26.2. The predicted octanol–water partition coefficient (Wildman–Crippen LogP) is 2.10. The summed E-state index contributed by atoms with van der Waals surface area (Å²) in [5.41, 5.74) is 6.43. The topological polar surface area (TPSA) is 84.7 Å². The summed E-state index contributed by atoms with van der Waals surface area (Å²) in [6.45, 7) is 6.66. The summed E-state index contributed by atoms with van der Waals surface area (Å²) >= 11 is 0. The third-order valence-electron chi connectivity index (χ3n) is 4.04. The summed E-state index contributed by atoms with van der Waals surface area (Å²) < 4.78 is 5.60. The molecule has 2 rings (SSSR count). The van der Waals surface area contributed by atoms with Gasteiger partial charge in [-0.1, -0.05) is 26.0 Å². The van der Waals surface area contributed by atoms with E-state index >= 15 is 0 Å². The van der Waals surface area contributed by atoms with E-state index in [1.165, 1.54) is 0 Å². The van der Waals surface area contributed by atoms with Crippen LogP contribution in [0.5, 0.6) is 5.75 Å². The fraction of sp³-hybridized carbons (Fsp3) is 0.556. The normalized spacial score (nSPS) is 17.4. The van der Waals surface area contributed by atoms with Gasteiger partial charge in [0.25, 0.3) is 5.91 Å². The minimum absolute atomic E-state index is 0. The molecule has 2 unspecified atom stereocenters. The number of benzene rings is 1. The lowest BCUT2D eigenvalue weighted by Crippen LogP contribution is -2.47. The van der Waals surface area contributed by atoms with Gasteiger partial charge in [-0.2, -0.15) is 0 Å². The van der Waals surface area contributed by atoms with E-state index in [4.69, 9.17) is 10.5 Å². The summed E-state index contributed by atoms with van der Waals surface area (Å²) in [7, 11) is 0. The van der Waals surface area contributed by atoms with Crippen LogP contribution in [-0.4, -0.2) is 37.0 Å². The van der Waals surface area contributed by atoms with Crippen LogP contribution in [0.3, 0.4) is 0 Å². The van der Waals surface area contributed by atoms with Gasteiger partial charge in [-0.3, -0.25) is 9.59 Å². The van der Waals surface area contributed by atoms with E-state index < -0.39 is 6.10 Å². The second-order valence-electron chi connectivity index (χ2n) is 6.60. The Morgan fingerprint density at radius 1 is 1.36 bits per heavy atom. The van der Waals surface area contributed by atoms with Crippen molar-refractivity contribution in [2.75, 3.05) is 18.0 Å². The zero-order valence-electron chi connectivity index (χ0n) is 15.0. The van der Waals surface area contributed by atoms with E-state index in [9.17, 15) is 9.59 Å². The molecule has 1 aliphatic heterocycles. The number of nitrogens with zero attached hydrogens (tertiary/aromatic N) is 1. The zero-order valence-corrected chi connectivity index (χ0v) is 15.8. The highest BCUT2D eigenvalue weighted by molar-refractivity contribution is 6.00. The number of nitrogens with two attached hydrogens (primary N) is 1. The summed E-state index contributed by atoms with van der Waals surface area (Å²) in [5, 5.41) is 2.95. The second kappa shape index (κ2) is 9.63. The van der Waals surface area contributed by atoms with Crippen molar-refractivity contribution in [2.45, 2.75) is 45.8 Å². The molecule has 140 valence electrons. The van der Waals surface area contributed by atoms with Gasteiger partial charge in [0.05, 0.1) is 5.69 Å². The van der Waals surface area contributed by atoms with Crippen LogP contribution in [0.2, 0.25) is 0 Å². The molecule has 7 heteroatoms. The molecule has 1 aromatic rings. The molecule has 1 aliphatic rings. The average molecular weight is 370 g/mol. The number of para-hydroxylation sites is 2. The van der Waals surface area contributed by atoms with Crippen molar-refractivity contribution in [3.05, 3.63) is 24.3 Å². The van der Waals surface area contributed by atoms with Crippen molar-refractivity contribution in [1.29, 1.82) is 0 Å². The number of amides is 2. The Morgan fingerprint density at radius 3 is 2.68 bits per heavy atom. The predicted molar refractivity (Wildman–Crippen MR) is 101 cm³/mol. The molecule has 25 heavy (non-hydrogen) atoms. The number of nitrogens with one attached hydrogen (secondary N) is 1. The van der Waals surface area contributed by atoms with Gasteiger partial charge in [-0.05, 0) is 31.4 Å². The minimum atomic E-state index is -0.541. The molecule has 3 N–H and O–H groups in total. The number of fused-ring (bicyclic) bond motifs is 1. The van der Waals surface area contributed by atoms with E-state index in [1.807, 2.05) is 24.3 Å². The van der Waals surface area contributed by atoms with Crippen LogP contribution in [0, 0.1) is 5.92 Å². The number of ether oxygens (including phenoxy) is 1. The average Bonchev–Trinajstić information content (AvgIpc) is 2.54. The molecule has 2 atom stereocenters. The van der Waals surface area contributed by atoms with Crippen molar-refractivity contribution >= 4 is 29.9 Å². The van der Waals surface area contributed by atoms with Gasteiger partial charge in [0.15, 0.2) is 6.10 Å². The van der Waals surface area contributed by atoms with E-state index in [0.717, 1.165) is 6.42 Å². The lowest BCUT2D eigenvalue weighted by Gasteiger charge is -2.33. The van der Waals surface area contributed by atoms with Crippen LogP contribution in [-0.2, 0) is 9.59 Å². The molecular weight excluding hydrogens is 342 g/mol. The fourth-order valence-electron chi connectivity index (χ4n) is 2.89. The fourth-order valence-corrected chi connectivity index (χ4v) is 2.89. The Bertz CT molecular complexity index is 595. The quantitative estimate of drug-likeness (QED) is 0.770. The number of carbonyl (C=O) groups excluding carboxylic acids is 2. The van der Waals surface area contributed by atoms with Gasteiger partial charge < -0.3 is 20.7 Å². The van der Waals surface area contributed by atoms with Gasteiger partial charge in [-0.15, -0.1) is 12.4 Å². The number of hydrogen-bond donors (Lipinski definition) is 2. The molecule has 1 heterocycles. The molecule has 0 aromatic heterocycles. The first-order valence-electron chi connectivity index (χ1n) is 8.48. The van der Waals surface area contributed by atoms with Gasteiger partial charge >= 0.3 is 0 Å². The number of halogens is 1. The first kappa shape index (κ1) is 21.3. The molecular formula is C18H28ClN3O3. The number of hydrogen-bond acceptors (Lipinski definition) is 4. The van der Waals surface area contributed by atoms with Crippen LogP contribution < -0.4 is 20.7 Å². The Morgan fingerprint density at radius 2 is 2.04 bits per heavy atom. The smallest absolute Gasteiger partial charge is 0.267 e. The van der Waals surface area contributed by atoms with Crippen LogP contribution in [0.4, 0.5) is 5.69 Å². The van der Waals surface area contributed by atoms with Crippen molar-refractivity contribution in [1.82, 2.24) is 5.32 Å². The van der Waals surface area contributed by atoms with Crippen LogP contribution in [0.15, 0.2) is 24.3 Å². The van der Waals surface area contributed by atoms with Crippen LogP contribution in [0.1, 0.15) is 33.6 Å². The van der Waals surface area contributed by atoms with Crippen molar-refractivity contribution < 1.29 is 14.3 Å². The highest BCUT2D eigenvalue weighted by Gasteiger charge is 2.31. The van der Waals surface area contributed by atoms with Crippen molar-refractivity contribution in [2.24, 2.45) is 11.7 Å². The van der Waals surface area contributed by atoms with Gasteiger partial charge in [-0.25, -0.2) is 0 Å². The Kier molecular flexibility index (Phi) is 8.19. The molecule has 1 aromatic carbocycles. The lowest BCUT2D eigenvalue weighted by molar-refractivity contribution is -0.125. The van der Waals surface area contributed by atoms with Gasteiger partial charge in [0, 0.05) is 25.6 Å². The molecule has 0 bridgehead atoms. The lowest BCUT2D eigenvalue weighted by atomic mass is 10.0. The van der Waals surface area contributed by atoms with E-state index in [0.29, 0.717) is 30.4 Å². The van der Waals surface area contributed by atoms with Crippen molar-refractivity contribution in [3.63, 3.8) is 0 Å². The Balaban J connectivity index is 0.00000312.